The van der Waals surface area contributed by atoms with Crippen molar-refractivity contribution in [2.24, 2.45) is 10.9 Å². The van der Waals surface area contributed by atoms with E-state index in [9.17, 15) is 4.79 Å². The molecule has 3 nitrogen and oxygen atoms in total. The lowest BCUT2D eigenvalue weighted by molar-refractivity contribution is -0.119. The lowest BCUT2D eigenvalue weighted by Crippen LogP contribution is -2.28. The van der Waals surface area contributed by atoms with Crippen molar-refractivity contribution in [2.75, 3.05) is 6.54 Å². The summed E-state index contributed by atoms with van der Waals surface area (Å²) in [5.41, 5.74) is 2.54. The second kappa shape index (κ2) is 5.62. The van der Waals surface area contributed by atoms with Gasteiger partial charge < -0.3 is 4.90 Å². The summed E-state index contributed by atoms with van der Waals surface area (Å²) in [6.07, 6.45) is 6.01. The van der Waals surface area contributed by atoms with E-state index < -0.39 is 0 Å². The molecule has 3 heteroatoms. The second-order valence-electron chi connectivity index (χ2n) is 4.53. The predicted octanol–water partition coefficient (Wildman–Crippen LogP) is 2.92. The quantitative estimate of drug-likeness (QED) is 0.551. The maximum atomic E-state index is 12.2. The van der Waals surface area contributed by atoms with Gasteiger partial charge in [0.1, 0.15) is 5.70 Å². The Hall–Kier alpha value is -1.64. The highest BCUT2D eigenvalue weighted by molar-refractivity contribution is 5.97. The number of carbonyl (C=O) groups excluding carboxylic acids is 1. The average molecular weight is 232 g/mol. The highest BCUT2D eigenvalue weighted by Crippen LogP contribution is 2.20. The molecular weight excluding hydrogens is 212 g/mol. The number of nitrogens with zero attached hydrogens (tertiary/aromatic N) is 2. The molecule has 0 atom stereocenters. The van der Waals surface area contributed by atoms with Crippen molar-refractivity contribution >= 4 is 12.5 Å². The molecule has 0 saturated heterocycles. The number of carbonyl (C=O) groups is 1. The Morgan fingerprint density at radius 2 is 2.18 bits per heavy atom. The van der Waals surface area contributed by atoms with Crippen LogP contribution in [0.4, 0.5) is 0 Å². The lowest BCUT2D eigenvalue weighted by atomic mass is 10.0. The van der Waals surface area contributed by atoms with Crippen molar-refractivity contribution in [3.05, 3.63) is 35.3 Å². The molecule has 0 aromatic heterocycles. The molecule has 0 saturated carbocycles. The summed E-state index contributed by atoms with van der Waals surface area (Å²) in [4.78, 5) is 18.0. The van der Waals surface area contributed by atoms with Crippen LogP contribution in [0.15, 0.2) is 40.3 Å². The first-order valence-corrected chi connectivity index (χ1v) is 5.80. The fourth-order valence-corrected chi connectivity index (χ4v) is 1.62. The summed E-state index contributed by atoms with van der Waals surface area (Å²) >= 11 is 0. The van der Waals surface area contributed by atoms with E-state index >= 15 is 0 Å². The molecule has 0 amide bonds. The van der Waals surface area contributed by atoms with Gasteiger partial charge >= 0.3 is 0 Å². The van der Waals surface area contributed by atoms with Crippen molar-refractivity contribution in [1.82, 2.24) is 4.90 Å². The number of aliphatic imine (C=N–C) groups is 1. The normalized spacial score (nSPS) is 16.8. The lowest BCUT2D eigenvalue weighted by Gasteiger charge is -2.26. The van der Waals surface area contributed by atoms with E-state index in [0.717, 1.165) is 0 Å². The third-order valence-electron chi connectivity index (χ3n) is 2.75. The summed E-state index contributed by atoms with van der Waals surface area (Å²) in [7, 11) is 0. The van der Waals surface area contributed by atoms with Gasteiger partial charge in [-0.05, 0) is 26.6 Å². The molecule has 1 heterocycles. The van der Waals surface area contributed by atoms with Gasteiger partial charge in [0.2, 0.25) is 0 Å². The molecular formula is C14H20N2O. The Morgan fingerprint density at radius 3 is 2.59 bits per heavy atom. The zero-order valence-corrected chi connectivity index (χ0v) is 11.0. The van der Waals surface area contributed by atoms with Gasteiger partial charge in [-0.3, -0.25) is 9.79 Å². The molecule has 17 heavy (non-hydrogen) atoms. The summed E-state index contributed by atoms with van der Waals surface area (Å²) in [5.74, 6) is 0.0645. The molecule has 92 valence electrons. The first kappa shape index (κ1) is 13.4. The Bertz CT molecular complexity index is 414. The van der Waals surface area contributed by atoms with Crippen LogP contribution in [-0.2, 0) is 4.79 Å². The van der Waals surface area contributed by atoms with E-state index in [0.29, 0.717) is 17.9 Å². The van der Waals surface area contributed by atoms with E-state index in [1.165, 1.54) is 5.57 Å². The number of hydrogen-bond acceptors (Lipinski definition) is 3. The molecule has 1 rings (SSSR count). The highest BCUT2D eigenvalue weighted by Gasteiger charge is 2.21. The van der Waals surface area contributed by atoms with Crippen LogP contribution in [0.25, 0.3) is 0 Å². The number of rotatable bonds is 4. The van der Waals surface area contributed by atoms with Crippen molar-refractivity contribution in [3.63, 3.8) is 0 Å². The smallest absolute Gasteiger partial charge is 0.183 e. The third-order valence-corrected chi connectivity index (χ3v) is 2.75. The molecule has 1 aliphatic heterocycles. The maximum Gasteiger partial charge on any atom is 0.183 e. The van der Waals surface area contributed by atoms with Crippen molar-refractivity contribution in [3.8, 4) is 0 Å². The Balaban J connectivity index is 3.07. The van der Waals surface area contributed by atoms with Crippen LogP contribution in [0.2, 0.25) is 0 Å². The number of ketones is 1. The molecule has 0 N–H and O–H groups in total. The summed E-state index contributed by atoms with van der Waals surface area (Å²) in [6, 6.07) is 0. The van der Waals surface area contributed by atoms with Gasteiger partial charge in [0.05, 0.1) is 5.70 Å². The molecule has 0 fully saturated rings. The van der Waals surface area contributed by atoms with Crippen LogP contribution in [0.3, 0.4) is 0 Å². The van der Waals surface area contributed by atoms with Gasteiger partial charge in [-0.15, -0.1) is 0 Å². The maximum absolute atomic E-state index is 12.2. The van der Waals surface area contributed by atoms with Crippen LogP contribution < -0.4 is 0 Å². The van der Waals surface area contributed by atoms with Crippen LogP contribution in [0.5, 0.6) is 0 Å². The van der Waals surface area contributed by atoms with E-state index in [1.54, 1.807) is 0 Å². The van der Waals surface area contributed by atoms with E-state index in [2.05, 4.69) is 17.8 Å². The number of allylic oxidation sites excluding steroid dienone is 4. The van der Waals surface area contributed by atoms with Crippen molar-refractivity contribution in [1.29, 1.82) is 0 Å². The number of Topliss-reactive ketones (excluding diaryl/α,β-unsaturated/α-hetero) is 1. The summed E-state index contributed by atoms with van der Waals surface area (Å²) in [6.45, 7) is 11.9. The second-order valence-corrected chi connectivity index (χ2v) is 4.53. The zero-order valence-electron chi connectivity index (χ0n) is 11.0. The molecule has 1 aliphatic rings. The van der Waals surface area contributed by atoms with E-state index in [4.69, 9.17) is 0 Å². The molecule has 0 aromatic carbocycles. The molecule has 0 radical (unpaired) electrons. The minimum absolute atomic E-state index is 0.0397. The van der Waals surface area contributed by atoms with Gasteiger partial charge in [-0.1, -0.05) is 25.5 Å². The van der Waals surface area contributed by atoms with Gasteiger partial charge in [-0.2, -0.15) is 0 Å². The Morgan fingerprint density at radius 1 is 1.53 bits per heavy atom. The molecule has 0 spiro atoms. The number of hydrogen-bond donors (Lipinski definition) is 0. The fraction of sp³-hybridized carbons (Fsp3) is 0.429. The van der Waals surface area contributed by atoms with Gasteiger partial charge in [-0.25, -0.2) is 0 Å². The highest BCUT2D eigenvalue weighted by atomic mass is 16.1. The van der Waals surface area contributed by atoms with Crippen LogP contribution in [-0.4, -0.2) is 23.9 Å². The minimum Gasteiger partial charge on any atom is -0.340 e. The molecule has 0 aliphatic carbocycles. The Labute approximate surface area is 103 Å². The van der Waals surface area contributed by atoms with Crippen LogP contribution in [0, 0.1) is 5.92 Å². The predicted molar refractivity (Wildman–Crippen MR) is 71.7 cm³/mol. The van der Waals surface area contributed by atoms with Crippen molar-refractivity contribution in [2.45, 2.75) is 27.7 Å². The standard InChI is InChI=1S/C14H20N2O/c1-10(2)14(17)13(12(4)15-5)16-8-6-11(3)7-9-16/h6-8,10H,5,9H2,1-4H3/b13-12-. The molecule has 0 aromatic rings. The van der Waals surface area contributed by atoms with E-state index in [-0.39, 0.29) is 11.7 Å². The zero-order chi connectivity index (χ0) is 13.0. The van der Waals surface area contributed by atoms with E-state index in [1.807, 2.05) is 44.9 Å². The first-order chi connectivity index (χ1) is 7.97. The monoisotopic (exact) mass is 232 g/mol. The first-order valence-electron chi connectivity index (χ1n) is 5.80. The molecule has 0 bridgehead atoms. The SMILES string of the molecule is C=N/C(C)=C(/C(=O)C(C)C)N1C=CC(C)=CC1. The van der Waals surface area contributed by atoms with Crippen LogP contribution >= 0.6 is 0 Å². The molecule has 0 unspecified atom stereocenters. The minimum atomic E-state index is -0.0397. The summed E-state index contributed by atoms with van der Waals surface area (Å²) in [5, 5.41) is 0. The summed E-state index contributed by atoms with van der Waals surface area (Å²) < 4.78 is 0. The van der Waals surface area contributed by atoms with Crippen molar-refractivity contribution < 1.29 is 4.79 Å². The largest absolute Gasteiger partial charge is 0.340 e. The average Bonchev–Trinajstić information content (AvgIpc) is 2.31. The van der Waals surface area contributed by atoms with Gasteiger partial charge in [0.25, 0.3) is 0 Å². The fourth-order valence-electron chi connectivity index (χ4n) is 1.62. The Kier molecular flexibility index (Phi) is 4.44. The topological polar surface area (TPSA) is 32.7 Å². The van der Waals surface area contributed by atoms with Gasteiger partial charge in [0.15, 0.2) is 5.78 Å². The van der Waals surface area contributed by atoms with Crippen LogP contribution in [0.1, 0.15) is 27.7 Å². The van der Waals surface area contributed by atoms with Gasteiger partial charge in [0, 0.05) is 18.7 Å². The third kappa shape index (κ3) is 3.16.